The average molecular weight is 425 g/mol. The van der Waals surface area contributed by atoms with E-state index in [0.29, 0.717) is 25.1 Å². The van der Waals surface area contributed by atoms with Gasteiger partial charge in [-0.2, -0.15) is 0 Å². The van der Waals surface area contributed by atoms with Crippen molar-refractivity contribution in [2.75, 3.05) is 19.4 Å². The zero-order valence-electron chi connectivity index (χ0n) is 16.2. The van der Waals surface area contributed by atoms with Crippen LogP contribution in [0.4, 0.5) is 5.69 Å². The number of nitrogens with one attached hydrogen (secondary N) is 1. The maximum atomic E-state index is 12.7. The molecule has 1 aliphatic rings. The number of hydrogen-bond acceptors (Lipinski definition) is 6. The minimum absolute atomic E-state index is 0.00229. The minimum atomic E-state index is -0.447. The summed E-state index contributed by atoms with van der Waals surface area (Å²) in [5.74, 6) is -0.138. The third-order valence-electron chi connectivity index (χ3n) is 5.16. The van der Waals surface area contributed by atoms with Gasteiger partial charge in [-0.25, -0.2) is 4.79 Å². The molecule has 2 heterocycles. The van der Waals surface area contributed by atoms with Crippen LogP contribution in [0.25, 0.3) is 10.9 Å². The second-order valence-electron chi connectivity index (χ2n) is 6.94. The van der Waals surface area contributed by atoms with Gasteiger partial charge in [0.2, 0.25) is 5.91 Å². The van der Waals surface area contributed by atoms with E-state index in [1.165, 1.54) is 31.0 Å². The maximum absolute atomic E-state index is 12.7. The third-order valence-corrected chi connectivity index (χ3v) is 6.16. The molecule has 8 nitrogen and oxygen atoms in total. The first-order valence-electron chi connectivity index (χ1n) is 9.33. The minimum Gasteiger partial charge on any atom is -0.465 e. The first kappa shape index (κ1) is 20.0. The number of carbonyl (C=O) groups is 2. The molecule has 0 spiro atoms. The number of nitro groups is 1. The Morgan fingerprint density at radius 1 is 1.23 bits per heavy atom. The molecule has 30 heavy (non-hydrogen) atoms. The second-order valence-corrected chi connectivity index (χ2v) is 7.99. The van der Waals surface area contributed by atoms with Crippen LogP contribution in [0.1, 0.15) is 21.6 Å². The summed E-state index contributed by atoms with van der Waals surface area (Å²) in [6, 6.07) is 11.6. The van der Waals surface area contributed by atoms with Gasteiger partial charge in [0, 0.05) is 58.7 Å². The van der Waals surface area contributed by atoms with Gasteiger partial charge in [0.25, 0.3) is 5.69 Å². The standard InChI is InChI=1S/C21H19N3O5S/c1-29-21(26)13-2-7-18-16(10-13)17-11-23(9-8-19(17)22-18)20(25)12-30-15-5-3-14(4-6-15)24(27)28/h2-7,10,22H,8-9,11-12H2,1H3. The van der Waals surface area contributed by atoms with Crippen molar-refractivity contribution < 1.29 is 19.2 Å². The number of hydrogen-bond donors (Lipinski definition) is 1. The Morgan fingerprint density at radius 3 is 2.70 bits per heavy atom. The van der Waals surface area contributed by atoms with Crippen LogP contribution in [0.3, 0.4) is 0 Å². The van der Waals surface area contributed by atoms with Gasteiger partial charge in [-0.15, -0.1) is 11.8 Å². The van der Waals surface area contributed by atoms with Crippen LogP contribution in [0.5, 0.6) is 0 Å². The number of thioether (sulfide) groups is 1. The van der Waals surface area contributed by atoms with Crippen molar-refractivity contribution in [1.82, 2.24) is 9.88 Å². The number of fused-ring (bicyclic) bond motifs is 3. The number of esters is 1. The predicted octanol–water partition coefficient (Wildman–Crippen LogP) is 3.54. The SMILES string of the molecule is COC(=O)c1ccc2[nH]c3c(c2c1)CN(C(=O)CSc1ccc([N+](=O)[O-])cc1)CC3. The van der Waals surface area contributed by atoms with E-state index in [4.69, 9.17) is 4.74 Å². The van der Waals surface area contributed by atoms with Crippen LogP contribution in [0, 0.1) is 10.1 Å². The Bertz CT molecular complexity index is 1140. The number of methoxy groups -OCH3 is 1. The summed E-state index contributed by atoms with van der Waals surface area (Å²) in [6.07, 6.45) is 0.714. The molecule has 1 aliphatic heterocycles. The van der Waals surface area contributed by atoms with Crippen LogP contribution < -0.4 is 0 Å². The van der Waals surface area contributed by atoms with Gasteiger partial charge >= 0.3 is 5.97 Å². The summed E-state index contributed by atoms with van der Waals surface area (Å²) in [5, 5.41) is 11.7. The van der Waals surface area contributed by atoms with Gasteiger partial charge < -0.3 is 14.6 Å². The van der Waals surface area contributed by atoms with E-state index in [0.717, 1.165) is 27.1 Å². The predicted molar refractivity (Wildman–Crippen MR) is 113 cm³/mol. The number of amides is 1. The van der Waals surface area contributed by atoms with Gasteiger partial charge in [-0.1, -0.05) is 0 Å². The Morgan fingerprint density at radius 2 is 2.00 bits per heavy atom. The highest BCUT2D eigenvalue weighted by molar-refractivity contribution is 8.00. The molecule has 154 valence electrons. The van der Waals surface area contributed by atoms with Crippen molar-refractivity contribution in [3.05, 3.63) is 69.4 Å². The average Bonchev–Trinajstić information content (AvgIpc) is 3.14. The monoisotopic (exact) mass is 425 g/mol. The van der Waals surface area contributed by atoms with Crippen molar-refractivity contribution in [2.24, 2.45) is 0 Å². The van der Waals surface area contributed by atoms with Crippen LogP contribution in [0.2, 0.25) is 0 Å². The number of nitro benzene ring substituents is 1. The molecule has 9 heteroatoms. The number of aromatic nitrogens is 1. The van der Waals surface area contributed by atoms with Gasteiger partial charge in [0.15, 0.2) is 0 Å². The van der Waals surface area contributed by atoms with Crippen molar-refractivity contribution in [3.8, 4) is 0 Å². The summed E-state index contributed by atoms with van der Waals surface area (Å²) < 4.78 is 4.81. The lowest BCUT2D eigenvalue weighted by Gasteiger charge is -2.27. The van der Waals surface area contributed by atoms with E-state index in [1.54, 1.807) is 29.2 Å². The Hall–Kier alpha value is -3.33. The lowest BCUT2D eigenvalue weighted by Crippen LogP contribution is -2.36. The van der Waals surface area contributed by atoms with E-state index >= 15 is 0 Å². The highest BCUT2D eigenvalue weighted by atomic mass is 32.2. The molecule has 1 N–H and O–H groups in total. The summed E-state index contributed by atoms with van der Waals surface area (Å²) >= 11 is 1.36. The second kappa shape index (κ2) is 8.19. The number of carbonyl (C=O) groups excluding carboxylic acids is 2. The third kappa shape index (κ3) is 3.88. The van der Waals surface area contributed by atoms with E-state index in [1.807, 2.05) is 6.07 Å². The van der Waals surface area contributed by atoms with Gasteiger partial charge in [-0.05, 0) is 30.3 Å². The Kier molecular flexibility index (Phi) is 5.45. The van der Waals surface area contributed by atoms with Gasteiger partial charge in [-0.3, -0.25) is 14.9 Å². The zero-order chi connectivity index (χ0) is 21.3. The molecular weight excluding hydrogens is 406 g/mol. The smallest absolute Gasteiger partial charge is 0.337 e. The van der Waals surface area contributed by atoms with Gasteiger partial charge in [0.05, 0.1) is 23.3 Å². The molecule has 2 aromatic carbocycles. The topological polar surface area (TPSA) is 106 Å². The summed E-state index contributed by atoms with van der Waals surface area (Å²) in [5.41, 5.74) is 3.54. The normalized spacial score (nSPS) is 13.2. The van der Waals surface area contributed by atoms with Crippen molar-refractivity contribution >= 4 is 40.2 Å². The highest BCUT2D eigenvalue weighted by Gasteiger charge is 2.24. The molecule has 1 aromatic heterocycles. The number of rotatable bonds is 5. The van der Waals surface area contributed by atoms with Crippen molar-refractivity contribution in [3.63, 3.8) is 0 Å². The van der Waals surface area contributed by atoms with E-state index in [9.17, 15) is 19.7 Å². The number of non-ortho nitro benzene ring substituents is 1. The Balaban J connectivity index is 1.46. The molecular formula is C21H19N3O5S. The van der Waals surface area contributed by atoms with Crippen LogP contribution in [-0.2, 0) is 22.5 Å². The van der Waals surface area contributed by atoms with Gasteiger partial charge in [0.1, 0.15) is 0 Å². The molecule has 0 bridgehead atoms. The molecule has 0 unspecified atom stereocenters. The first-order valence-corrected chi connectivity index (χ1v) is 10.3. The van der Waals surface area contributed by atoms with Crippen LogP contribution in [0.15, 0.2) is 47.4 Å². The zero-order valence-corrected chi connectivity index (χ0v) is 17.0. The number of nitrogens with zero attached hydrogens (tertiary/aromatic N) is 2. The molecule has 0 fully saturated rings. The number of H-pyrrole nitrogens is 1. The summed E-state index contributed by atoms with van der Waals surface area (Å²) in [7, 11) is 1.35. The van der Waals surface area contributed by atoms with Crippen molar-refractivity contribution in [2.45, 2.75) is 17.9 Å². The summed E-state index contributed by atoms with van der Waals surface area (Å²) in [6.45, 7) is 1.09. The largest absolute Gasteiger partial charge is 0.465 e. The number of ether oxygens (including phenoxy) is 1. The van der Waals surface area contributed by atoms with E-state index < -0.39 is 10.9 Å². The molecule has 3 aromatic rings. The molecule has 0 saturated carbocycles. The first-order chi connectivity index (χ1) is 14.5. The summed E-state index contributed by atoms with van der Waals surface area (Å²) in [4.78, 5) is 40.9. The molecule has 0 saturated heterocycles. The van der Waals surface area contributed by atoms with Crippen LogP contribution >= 0.6 is 11.8 Å². The quantitative estimate of drug-likeness (QED) is 0.290. The van der Waals surface area contributed by atoms with Crippen LogP contribution in [-0.4, -0.2) is 46.1 Å². The fourth-order valence-corrected chi connectivity index (χ4v) is 4.37. The Labute approximate surface area is 176 Å². The molecule has 0 atom stereocenters. The van der Waals surface area contributed by atoms with E-state index in [2.05, 4.69) is 4.98 Å². The molecule has 4 rings (SSSR count). The lowest BCUT2D eigenvalue weighted by atomic mass is 10.0. The lowest BCUT2D eigenvalue weighted by molar-refractivity contribution is -0.384. The molecule has 0 radical (unpaired) electrons. The maximum Gasteiger partial charge on any atom is 0.337 e. The molecule has 1 amide bonds. The number of benzene rings is 2. The van der Waals surface area contributed by atoms with Crippen molar-refractivity contribution in [1.29, 1.82) is 0 Å². The fraction of sp³-hybridized carbons (Fsp3) is 0.238. The number of aromatic amines is 1. The van der Waals surface area contributed by atoms with E-state index in [-0.39, 0.29) is 17.3 Å². The molecule has 0 aliphatic carbocycles. The fourth-order valence-electron chi connectivity index (χ4n) is 3.57. The highest BCUT2D eigenvalue weighted by Crippen LogP contribution is 2.29.